The second kappa shape index (κ2) is 5.56. The topological polar surface area (TPSA) is 81.2 Å². The predicted octanol–water partition coefficient (Wildman–Crippen LogP) is 0.976. The molecule has 1 aromatic carbocycles. The Morgan fingerprint density at radius 3 is 2.55 bits per heavy atom. The second-order valence-corrected chi connectivity index (χ2v) is 3.99. The van der Waals surface area contributed by atoms with E-state index in [1.165, 1.54) is 35.3 Å². The first-order valence-electron chi connectivity index (χ1n) is 8.65. The molecule has 0 saturated heterocycles. The zero-order valence-electron chi connectivity index (χ0n) is 16.4. The van der Waals surface area contributed by atoms with Crippen LogP contribution >= 0.6 is 0 Å². The summed E-state index contributed by atoms with van der Waals surface area (Å²) in [5.74, 6) is -2.60. The molecule has 6 heteroatoms. The molecule has 6 nitrogen and oxygen atoms in total. The highest BCUT2D eigenvalue weighted by Gasteiger charge is 2.24. The molecular formula is C14H16N4O2. The highest BCUT2D eigenvalue weighted by Crippen LogP contribution is 2.25. The Morgan fingerprint density at radius 1 is 1.35 bits per heavy atom. The summed E-state index contributed by atoms with van der Waals surface area (Å²) in [5.41, 5.74) is 3.92. The average Bonchev–Trinajstić information content (AvgIpc) is 3.02. The number of nitrogens with two attached hydrogens (primary N) is 1. The van der Waals surface area contributed by atoms with Gasteiger partial charge in [0, 0.05) is 20.6 Å². The van der Waals surface area contributed by atoms with E-state index in [1.807, 2.05) is 0 Å². The number of rotatable bonds is 3. The summed E-state index contributed by atoms with van der Waals surface area (Å²) in [6.45, 7) is -5.83. The van der Waals surface area contributed by atoms with Gasteiger partial charge in [0.05, 0.1) is 5.69 Å². The predicted molar refractivity (Wildman–Crippen MR) is 74.8 cm³/mol. The summed E-state index contributed by atoms with van der Waals surface area (Å²) in [6.07, 6.45) is 2.88. The highest BCUT2D eigenvalue weighted by atomic mass is 16.2. The molecule has 104 valence electrons. The molecule has 1 aromatic heterocycles. The van der Waals surface area contributed by atoms with Crippen LogP contribution in [0.3, 0.4) is 0 Å². The number of aryl methyl sites for hydroxylation is 2. The van der Waals surface area contributed by atoms with E-state index in [0.29, 0.717) is 0 Å². The maximum Gasteiger partial charge on any atom is 0.317 e. The fraction of sp³-hybridized carbons (Fsp3) is 0.214. The molecule has 0 aliphatic rings. The smallest absolute Gasteiger partial charge is 0.317 e. The van der Waals surface area contributed by atoms with E-state index in [1.54, 1.807) is 6.07 Å². The number of hydrogen-bond donors (Lipinski definition) is 1. The lowest BCUT2D eigenvalue weighted by molar-refractivity contribution is -0.135. The van der Waals surface area contributed by atoms with Crippen LogP contribution in [0.25, 0.3) is 0 Å². The van der Waals surface area contributed by atoms with Gasteiger partial charge in [0.2, 0.25) is 0 Å². The number of benzene rings is 1. The van der Waals surface area contributed by atoms with E-state index >= 15 is 0 Å². The van der Waals surface area contributed by atoms with Crippen molar-refractivity contribution in [3.05, 3.63) is 47.8 Å². The number of hydrogen-bond acceptors (Lipinski definition) is 3. The Balaban J connectivity index is 2.76. The third kappa shape index (κ3) is 2.69. The second-order valence-electron chi connectivity index (χ2n) is 3.99. The molecule has 2 amide bonds. The van der Waals surface area contributed by atoms with Crippen molar-refractivity contribution in [2.24, 2.45) is 5.73 Å². The minimum atomic E-state index is -2.73. The number of carbonyl (C=O) groups excluding carboxylic acids is 2. The van der Waals surface area contributed by atoms with E-state index in [-0.39, 0.29) is 17.8 Å². The first kappa shape index (κ1) is 7.84. The first-order valence-corrected chi connectivity index (χ1v) is 5.65. The fourth-order valence-electron chi connectivity index (χ4n) is 1.73. The molecule has 2 N–H and O–H groups in total. The number of nitrogens with zero attached hydrogens (tertiary/aromatic N) is 3. The molecular weight excluding hydrogens is 256 g/mol. The zero-order valence-corrected chi connectivity index (χ0v) is 10.4. The van der Waals surface area contributed by atoms with Crippen LogP contribution in [0, 0.1) is 13.7 Å². The van der Waals surface area contributed by atoms with Crippen LogP contribution in [0.1, 0.15) is 19.4 Å². The van der Waals surface area contributed by atoms with Gasteiger partial charge in [0.25, 0.3) is 0 Å². The van der Waals surface area contributed by atoms with E-state index < -0.39 is 31.2 Å². The lowest BCUT2D eigenvalue weighted by atomic mass is 10.1. The highest BCUT2D eigenvalue weighted by molar-refractivity contribution is 6.39. The fourth-order valence-corrected chi connectivity index (χ4v) is 1.73. The van der Waals surface area contributed by atoms with Crippen molar-refractivity contribution in [3.8, 4) is 0 Å². The molecule has 2 aromatic rings. The molecule has 0 unspecified atom stereocenters. The van der Waals surface area contributed by atoms with Gasteiger partial charge in [-0.2, -0.15) is 5.10 Å². The molecule has 0 spiro atoms. The molecule has 0 atom stereocenters. The summed E-state index contributed by atoms with van der Waals surface area (Å²) in [5, 5.41) is 3.90. The van der Waals surface area contributed by atoms with Crippen molar-refractivity contribution in [2.45, 2.75) is 20.4 Å². The van der Waals surface area contributed by atoms with Gasteiger partial charge >= 0.3 is 11.8 Å². The molecule has 0 saturated carbocycles. The Morgan fingerprint density at radius 2 is 2.05 bits per heavy atom. The number of amides is 2. The van der Waals surface area contributed by atoms with E-state index in [4.69, 9.17) is 14.0 Å². The SMILES string of the molecule is [2H]C([2H])([2H])c1cccc(C([2H])([2H])[2H])c1N(Cn1cccn1)C(=O)C(N)=O. The number of para-hydroxylation sites is 1. The van der Waals surface area contributed by atoms with Crippen LogP contribution in [0.4, 0.5) is 5.69 Å². The molecule has 2 rings (SSSR count). The van der Waals surface area contributed by atoms with Crippen molar-refractivity contribution in [1.82, 2.24) is 9.78 Å². The maximum atomic E-state index is 12.4. The van der Waals surface area contributed by atoms with E-state index in [2.05, 4.69) is 5.10 Å². The number of anilines is 1. The Hall–Kier alpha value is -2.63. The van der Waals surface area contributed by atoms with Crippen LogP contribution in [0.15, 0.2) is 36.7 Å². The largest absolute Gasteiger partial charge is 0.361 e. The van der Waals surface area contributed by atoms with E-state index in [0.717, 1.165) is 4.90 Å². The molecule has 0 radical (unpaired) electrons. The lowest BCUT2D eigenvalue weighted by Crippen LogP contribution is -2.42. The average molecular weight is 278 g/mol. The summed E-state index contributed by atoms with van der Waals surface area (Å²) in [7, 11) is 0. The first-order chi connectivity index (χ1) is 11.9. The molecule has 0 bridgehead atoms. The van der Waals surface area contributed by atoms with Gasteiger partial charge in [-0.1, -0.05) is 18.2 Å². The number of primary amides is 1. The summed E-state index contributed by atoms with van der Waals surface area (Å²) in [4.78, 5) is 24.6. The summed E-state index contributed by atoms with van der Waals surface area (Å²) >= 11 is 0. The van der Waals surface area contributed by atoms with Gasteiger partial charge in [-0.05, 0) is 30.9 Å². The van der Waals surface area contributed by atoms with Crippen molar-refractivity contribution in [3.63, 3.8) is 0 Å². The van der Waals surface area contributed by atoms with Crippen LogP contribution in [-0.2, 0) is 16.3 Å². The summed E-state index contributed by atoms with van der Waals surface area (Å²) < 4.78 is 47.3. The molecule has 20 heavy (non-hydrogen) atoms. The van der Waals surface area contributed by atoms with Gasteiger partial charge in [-0.15, -0.1) is 0 Å². The third-order valence-corrected chi connectivity index (χ3v) is 2.61. The maximum absolute atomic E-state index is 12.4. The zero-order chi connectivity index (χ0) is 19.7. The Bertz CT molecular complexity index is 782. The number of carbonyl (C=O) groups is 2. The Kier molecular flexibility index (Phi) is 2.18. The van der Waals surface area contributed by atoms with Gasteiger partial charge < -0.3 is 5.73 Å². The molecule has 0 fully saturated rings. The van der Waals surface area contributed by atoms with Crippen LogP contribution in [-0.4, -0.2) is 21.6 Å². The van der Waals surface area contributed by atoms with Gasteiger partial charge in [0.15, 0.2) is 0 Å². The van der Waals surface area contributed by atoms with Crippen molar-refractivity contribution in [2.75, 3.05) is 4.90 Å². The van der Waals surface area contributed by atoms with E-state index in [9.17, 15) is 9.59 Å². The van der Waals surface area contributed by atoms with Gasteiger partial charge in [0.1, 0.15) is 6.67 Å². The van der Waals surface area contributed by atoms with Gasteiger partial charge in [-0.25, -0.2) is 0 Å². The third-order valence-electron chi connectivity index (χ3n) is 2.61. The lowest BCUT2D eigenvalue weighted by Gasteiger charge is -2.24. The monoisotopic (exact) mass is 278 g/mol. The minimum absolute atomic E-state index is 0.382. The number of aromatic nitrogens is 2. The minimum Gasteiger partial charge on any atom is -0.361 e. The standard InChI is InChI=1S/C14H16N4O2/c1-10-5-3-6-11(2)12(10)18(14(20)13(15)19)9-17-8-4-7-16-17/h3-8H,9H2,1-2H3,(H2,15,19)/i1D3,2D3. The summed E-state index contributed by atoms with van der Waals surface area (Å²) in [6, 6.07) is 5.19. The van der Waals surface area contributed by atoms with Crippen LogP contribution in [0.2, 0.25) is 0 Å². The van der Waals surface area contributed by atoms with Crippen LogP contribution in [0.5, 0.6) is 0 Å². The van der Waals surface area contributed by atoms with Crippen LogP contribution < -0.4 is 10.6 Å². The van der Waals surface area contributed by atoms with Crippen molar-refractivity contribution < 1.29 is 17.8 Å². The quantitative estimate of drug-likeness (QED) is 0.850. The van der Waals surface area contributed by atoms with Gasteiger partial charge in [-0.3, -0.25) is 19.2 Å². The van der Waals surface area contributed by atoms with Crippen molar-refractivity contribution >= 4 is 17.5 Å². The normalized spacial score (nSPS) is 16.0. The Labute approximate surface area is 125 Å². The van der Waals surface area contributed by atoms with Crippen molar-refractivity contribution in [1.29, 1.82) is 0 Å². The molecule has 0 aliphatic heterocycles. The molecule has 1 heterocycles. The molecule has 0 aliphatic carbocycles.